The first-order chi connectivity index (χ1) is 13.9. The molecule has 0 saturated heterocycles. The van der Waals surface area contributed by atoms with E-state index in [1.165, 1.54) is 23.6 Å². The molecule has 6 heteroatoms. The molecule has 1 radical (unpaired) electrons. The predicted molar refractivity (Wildman–Crippen MR) is 113 cm³/mol. The van der Waals surface area contributed by atoms with Gasteiger partial charge in [0.05, 0.1) is 5.75 Å². The summed E-state index contributed by atoms with van der Waals surface area (Å²) in [6.45, 7) is 1.87. The second-order valence-electron chi connectivity index (χ2n) is 7.40. The Morgan fingerprint density at radius 3 is 2.53 bits per heavy atom. The molecule has 0 bridgehead atoms. The van der Waals surface area contributed by atoms with Gasteiger partial charge >= 0.3 is 5.97 Å². The molecule has 3 nitrogen and oxygen atoms in total. The van der Waals surface area contributed by atoms with Gasteiger partial charge in [-0.3, -0.25) is 9.18 Å². The third-order valence-electron chi connectivity index (χ3n) is 5.26. The van der Waals surface area contributed by atoms with Gasteiger partial charge in [-0.2, -0.15) is 5.56 Å². The molecule has 0 atom stereocenters. The predicted octanol–water partition coefficient (Wildman–Crippen LogP) is 6.33. The van der Waals surface area contributed by atoms with Crippen LogP contribution in [0.3, 0.4) is 0 Å². The molecule has 0 heterocycles. The molecule has 1 aliphatic carbocycles. The van der Waals surface area contributed by atoms with Crippen molar-refractivity contribution in [1.29, 1.82) is 0 Å². The molecule has 1 N–H and O–H groups in total. The minimum absolute atomic E-state index is 0. The van der Waals surface area contributed by atoms with Gasteiger partial charge in [0.15, 0.2) is 0 Å². The van der Waals surface area contributed by atoms with Crippen LogP contribution >= 0.6 is 11.6 Å². The Morgan fingerprint density at radius 2 is 1.87 bits per heavy atom. The summed E-state index contributed by atoms with van der Waals surface area (Å²) < 4.78 is 19.9. The summed E-state index contributed by atoms with van der Waals surface area (Å²) in [7, 11) is 0. The van der Waals surface area contributed by atoms with E-state index in [-0.39, 0.29) is 31.1 Å². The molecule has 1 aliphatic rings. The topological polar surface area (TPSA) is 46.5 Å². The van der Waals surface area contributed by atoms with E-state index in [2.05, 4.69) is 0 Å². The van der Waals surface area contributed by atoms with Crippen LogP contribution in [0.4, 0.5) is 4.39 Å². The summed E-state index contributed by atoms with van der Waals surface area (Å²) in [6, 6.07) is 13.1. The second-order valence-corrected chi connectivity index (χ2v) is 7.84. The number of aryl methyl sites for hydroxylation is 1. The Hall–Kier alpha value is -1.88. The number of hydrogen-bond acceptors (Lipinski definition) is 2. The number of allylic oxidation sites excluding steroid dienone is 1. The Balaban J connectivity index is 0.00000320. The van der Waals surface area contributed by atoms with E-state index in [9.17, 15) is 9.18 Å². The molecule has 0 saturated carbocycles. The van der Waals surface area contributed by atoms with Crippen LogP contribution in [0, 0.1) is 6.17 Å². The largest absolute Gasteiger partial charge is 0.502 e. The summed E-state index contributed by atoms with van der Waals surface area (Å²) in [5.74, 6) is -0.296. The molecule has 2 aromatic rings. The first kappa shape index (κ1) is 24.4. The van der Waals surface area contributed by atoms with Gasteiger partial charge in [-0.15, -0.1) is 17.7 Å². The van der Waals surface area contributed by atoms with Crippen molar-refractivity contribution in [2.75, 3.05) is 6.61 Å². The molecule has 2 aromatic carbocycles. The fourth-order valence-electron chi connectivity index (χ4n) is 3.70. The molecule has 159 valence electrons. The van der Waals surface area contributed by atoms with Crippen LogP contribution in [0.5, 0.6) is 5.75 Å². The zero-order valence-electron chi connectivity index (χ0n) is 17.0. The first-order valence-electron chi connectivity index (χ1n) is 9.83. The number of aliphatic carboxylic acids is 1. The number of rotatable bonds is 9. The van der Waals surface area contributed by atoms with Gasteiger partial charge in [-0.05, 0) is 61.2 Å². The summed E-state index contributed by atoms with van der Waals surface area (Å²) in [5, 5.41) is 9.61. The van der Waals surface area contributed by atoms with Crippen molar-refractivity contribution in [2.45, 2.75) is 45.4 Å². The van der Waals surface area contributed by atoms with Gasteiger partial charge in [0.25, 0.3) is 0 Å². The SMILES string of the molecule is C[C-](F)c1cc(OCC2=C(Cc3ccc(Cl)cc3)CCC2)ccc1CCC(=O)O.[V]. The fourth-order valence-corrected chi connectivity index (χ4v) is 3.83. The van der Waals surface area contributed by atoms with Crippen molar-refractivity contribution in [3.8, 4) is 5.75 Å². The molecule has 0 unspecified atom stereocenters. The van der Waals surface area contributed by atoms with Gasteiger partial charge in [0.2, 0.25) is 0 Å². The normalized spacial score (nSPS) is 13.2. The zero-order chi connectivity index (χ0) is 20.8. The minimum atomic E-state index is -0.894. The average Bonchev–Trinajstić information content (AvgIpc) is 3.13. The molecule has 0 aliphatic heterocycles. The number of carbonyl (C=O) groups is 1. The van der Waals surface area contributed by atoms with Crippen molar-refractivity contribution in [2.24, 2.45) is 0 Å². The number of benzene rings is 2. The molecule has 0 amide bonds. The monoisotopic (exact) mass is 466 g/mol. The number of ether oxygens (including phenoxy) is 1. The quantitative estimate of drug-likeness (QED) is 0.347. The maximum absolute atomic E-state index is 14.0. The van der Waals surface area contributed by atoms with E-state index in [1.807, 2.05) is 24.3 Å². The van der Waals surface area contributed by atoms with Crippen molar-refractivity contribution < 1.29 is 37.6 Å². The van der Waals surface area contributed by atoms with E-state index in [4.69, 9.17) is 21.4 Å². The fraction of sp³-hybridized carbons (Fsp3) is 0.333. The van der Waals surface area contributed by atoms with Crippen LogP contribution < -0.4 is 4.74 Å². The third kappa shape index (κ3) is 6.83. The van der Waals surface area contributed by atoms with E-state index in [0.717, 1.165) is 30.7 Å². The van der Waals surface area contributed by atoms with E-state index in [1.54, 1.807) is 18.2 Å². The number of carboxylic acids is 1. The Labute approximate surface area is 194 Å². The smallest absolute Gasteiger partial charge is 0.302 e. The third-order valence-corrected chi connectivity index (χ3v) is 5.51. The number of hydrogen-bond donors (Lipinski definition) is 1. The molecule has 0 aromatic heterocycles. The first-order valence-corrected chi connectivity index (χ1v) is 10.2. The molecular formula is C24H25ClFO3V-. The van der Waals surface area contributed by atoms with Gasteiger partial charge < -0.3 is 9.84 Å². The average molecular weight is 467 g/mol. The minimum Gasteiger partial charge on any atom is -0.502 e. The maximum atomic E-state index is 14.0. The van der Waals surface area contributed by atoms with Crippen molar-refractivity contribution in [1.82, 2.24) is 0 Å². The van der Waals surface area contributed by atoms with Crippen molar-refractivity contribution in [3.63, 3.8) is 0 Å². The second kappa shape index (κ2) is 11.5. The van der Waals surface area contributed by atoms with E-state index in [0.29, 0.717) is 29.9 Å². The molecule has 0 fully saturated rings. The summed E-state index contributed by atoms with van der Waals surface area (Å²) in [5.41, 5.74) is 5.04. The van der Waals surface area contributed by atoms with Crippen LogP contribution in [0.15, 0.2) is 53.6 Å². The van der Waals surface area contributed by atoms with E-state index >= 15 is 0 Å². The summed E-state index contributed by atoms with van der Waals surface area (Å²) in [6.07, 6.45) is 4.03. The summed E-state index contributed by atoms with van der Waals surface area (Å²) in [4.78, 5) is 10.8. The standard InChI is InChI=1S/C24H25ClFO3.V/c1-16(26)23-14-22(11-7-18(23)8-12-24(27)28)29-15-20-4-2-3-19(20)13-17-5-9-21(25)10-6-17;/h5-7,9-11,14H,2-4,8,12-13,15H2,1H3,(H,27,28);/q-1;. The van der Waals surface area contributed by atoms with Crippen molar-refractivity contribution in [3.05, 3.63) is 81.5 Å². The van der Waals surface area contributed by atoms with E-state index < -0.39 is 5.97 Å². The van der Waals surface area contributed by atoms with Crippen LogP contribution in [0.1, 0.15) is 49.3 Å². The van der Waals surface area contributed by atoms with Crippen LogP contribution in [-0.2, 0) is 36.2 Å². The van der Waals surface area contributed by atoms with Crippen molar-refractivity contribution >= 4 is 17.6 Å². The zero-order valence-corrected chi connectivity index (χ0v) is 19.1. The number of carboxylic acid groups (broad SMARTS) is 1. The van der Waals surface area contributed by atoms with Gasteiger partial charge in [0, 0.05) is 30.0 Å². The van der Waals surface area contributed by atoms with Crippen LogP contribution in [0.25, 0.3) is 0 Å². The molecule has 3 rings (SSSR count). The van der Waals surface area contributed by atoms with Crippen LogP contribution in [0.2, 0.25) is 5.02 Å². The van der Waals surface area contributed by atoms with Gasteiger partial charge in [-0.25, -0.2) is 0 Å². The number of halogens is 2. The molecule has 30 heavy (non-hydrogen) atoms. The Bertz CT molecular complexity index is 894. The molecular weight excluding hydrogens is 442 g/mol. The van der Waals surface area contributed by atoms with Gasteiger partial charge in [-0.1, -0.05) is 42.7 Å². The molecule has 0 spiro atoms. The van der Waals surface area contributed by atoms with Crippen LogP contribution in [-0.4, -0.2) is 17.7 Å². The Morgan fingerprint density at radius 1 is 1.17 bits per heavy atom. The Kier molecular flexibility index (Phi) is 9.35. The van der Waals surface area contributed by atoms with Gasteiger partial charge in [0.1, 0.15) is 6.61 Å². The summed E-state index contributed by atoms with van der Waals surface area (Å²) >= 11 is 5.97. The maximum Gasteiger partial charge on any atom is 0.302 e.